The van der Waals surface area contributed by atoms with Gasteiger partial charge in [0.15, 0.2) is 0 Å². The highest BCUT2D eigenvalue weighted by molar-refractivity contribution is 7.90. The van der Waals surface area contributed by atoms with Crippen molar-refractivity contribution in [2.24, 2.45) is 5.92 Å². The van der Waals surface area contributed by atoms with Crippen LogP contribution in [-0.4, -0.2) is 20.1 Å². The van der Waals surface area contributed by atoms with Crippen molar-refractivity contribution in [2.75, 3.05) is 5.75 Å². The summed E-state index contributed by atoms with van der Waals surface area (Å²) in [5, 5.41) is 0. The van der Waals surface area contributed by atoms with E-state index in [2.05, 4.69) is 0 Å². The van der Waals surface area contributed by atoms with Gasteiger partial charge in [-0.25, -0.2) is 8.42 Å². The molecule has 0 aliphatic heterocycles. The first-order valence-corrected chi connectivity index (χ1v) is 5.58. The number of nitrogens with one attached hydrogen (secondary N) is 1. The predicted molar refractivity (Wildman–Crippen MR) is 47.1 cm³/mol. The number of hydrogen-bond acceptors (Lipinski definition) is 3. The van der Waals surface area contributed by atoms with Gasteiger partial charge in [0.05, 0.1) is 5.75 Å². The summed E-state index contributed by atoms with van der Waals surface area (Å²) in [6.45, 7) is 5.05. The van der Waals surface area contributed by atoms with Crippen LogP contribution in [0.15, 0.2) is 0 Å². The highest BCUT2D eigenvalue weighted by Gasteiger charge is 2.15. The molecule has 0 aromatic rings. The van der Waals surface area contributed by atoms with Crippen LogP contribution in [0.1, 0.15) is 27.2 Å². The molecule has 0 atom stereocenters. The number of carbonyl (C=O) groups excluding carboxylic acids is 1. The van der Waals surface area contributed by atoms with Gasteiger partial charge in [-0.1, -0.05) is 20.8 Å². The predicted octanol–water partition coefficient (Wildman–Crippen LogP) is 0.498. The number of sulfonamides is 1. The molecule has 0 heterocycles. The molecule has 0 aromatic heterocycles. The van der Waals surface area contributed by atoms with Crippen molar-refractivity contribution >= 4 is 15.9 Å². The Morgan fingerprint density at radius 3 is 2.25 bits per heavy atom. The molecule has 0 unspecified atom stereocenters. The fraction of sp³-hybridized carbons (Fsp3) is 0.857. The molecule has 0 fully saturated rings. The van der Waals surface area contributed by atoms with Gasteiger partial charge in [0.25, 0.3) is 0 Å². The van der Waals surface area contributed by atoms with Crippen LogP contribution in [0.3, 0.4) is 0 Å². The normalized spacial score (nSPS) is 11.7. The number of carbonyl (C=O) groups is 1. The third-order valence-electron chi connectivity index (χ3n) is 1.25. The molecule has 0 aromatic carbocycles. The Balaban J connectivity index is 4.17. The molecule has 0 spiro atoms. The molecular formula is C7H15NO3S. The van der Waals surface area contributed by atoms with Crippen molar-refractivity contribution in [3.63, 3.8) is 0 Å². The average molecular weight is 193 g/mol. The maximum absolute atomic E-state index is 11.0. The van der Waals surface area contributed by atoms with E-state index in [1.54, 1.807) is 20.8 Å². The molecule has 5 heteroatoms. The molecule has 1 N–H and O–H groups in total. The van der Waals surface area contributed by atoms with Gasteiger partial charge in [-0.2, -0.15) is 0 Å². The van der Waals surface area contributed by atoms with E-state index >= 15 is 0 Å². The van der Waals surface area contributed by atoms with Crippen molar-refractivity contribution < 1.29 is 13.2 Å². The lowest BCUT2D eigenvalue weighted by Gasteiger charge is -2.07. The van der Waals surface area contributed by atoms with Gasteiger partial charge >= 0.3 is 0 Å². The largest absolute Gasteiger partial charge is 0.274 e. The number of rotatable bonds is 4. The zero-order chi connectivity index (χ0) is 9.78. The molecule has 0 rings (SSSR count). The van der Waals surface area contributed by atoms with Crippen molar-refractivity contribution in [1.82, 2.24) is 4.72 Å². The number of hydrogen-bond donors (Lipinski definition) is 1. The van der Waals surface area contributed by atoms with Crippen LogP contribution in [0, 0.1) is 5.92 Å². The maximum Gasteiger partial charge on any atom is 0.235 e. The van der Waals surface area contributed by atoms with Crippen LogP contribution in [0.2, 0.25) is 0 Å². The Kier molecular flexibility index (Phi) is 4.23. The Bertz CT molecular complexity index is 243. The molecular weight excluding hydrogens is 178 g/mol. The van der Waals surface area contributed by atoms with E-state index in [1.807, 2.05) is 4.72 Å². The minimum absolute atomic E-state index is 0.00542. The van der Waals surface area contributed by atoms with Crippen LogP contribution < -0.4 is 4.72 Å². The molecule has 0 aliphatic rings. The highest BCUT2D eigenvalue weighted by Crippen LogP contribution is 1.94. The van der Waals surface area contributed by atoms with E-state index < -0.39 is 15.9 Å². The molecule has 4 nitrogen and oxygen atoms in total. The zero-order valence-electron chi connectivity index (χ0n) is 7.62. The van der Waals surface area contributed by atoms with Gasteiger partial charge in [0, 0.05) is 5.92 Å². The van der Waals surface area contributed by atoms with Gasteiger partial charge in [-0.3, -0.25) is 9.52 Å². The molecule has 0 saturated carbocycles. The fourth-order valence-corrected chi connectivity index (χ4v) is 1.77. The zero-order valence-corrected chi connectivity index (χ0v) is 8.44. The van der Waals surface area contributed by atoms with Crippen molar-refractivity contribution in [1.29, 1.82) is 0 Å². The second kappa shape index (κ2) is 4.45. The summed E-state index contributed by atoms with van der Waals surface area (Å²) in [6.07, 6.45) is 0.515. The lowest BCUT2D eigenvalue weighted by Crippen LogP contribution is -2.35. The van der Waals surface area contributed by atoms with E-state index in [4.69, 9.17) is 0 Å². The SMILES string of the molecule is CCCS(=O)(=O)NC(=O)C(C)C. The van der Waals surface area contributed by atoms with Gasteiger partial charge < -0.3 is 0 Å². The molecule has 0 bridgehead atoms. The summed E-state index contributed by atoms with van der Waals surface area (Å²) in [6, 6.07) is 0. The fourth-order valence-electron chi connectivity index (χ4n) is 0.591. The summed E-state index contributed by atoms with van der Waals surface area (Å²) in [7, 11) is -3.38. The van der Waals surface area contributed by atoms with Crippen LogP contribution >= 0.6 is 0 Å². The molecule has 0 aliphatic carbocycles. The first kappa shape index (κ1) is 11.4. The van der Waals surface area contributed by atoms with Crippen molar-refractivity contribution in [3.8, 4) is 0 Å². The summed E-state index contributed by atoms with van der Waals surface area (Å²) in [5.41, 5.74) is 0. The van der Waals surface area contributed by atoms with Crippen LogP contribution in [0.25, 0.3) is 0 Å². The number of amides is 1. The monoisotopic (exact) mass is 193 g/mol. The standard InChI is InChI=1S/C7H15NO3S/c1-4-5-12(10,11)8-7(9)6(2)3/h6H,4-5H2,1-3H3,(H,8,9). The Morgan fingerprint density at radius 1 is 1.42 bits per heavy atom. The van der Waals surface area contributed by atoms with Crippen molar-refractivity contribution in [2.45, 2.75) is 27.2 Å². The maximum atomic E-state index is 11.0. The summed E-state index contributed by atoms with van der Waals surface area (Å²) < 4.78 is 24.0. The lowest BCUT2D eigenvalue weighted by atomic mass is 10.2. The Labute approximate surface area is 73.4 Å². The summed E-state index contributed by atoms with van der Waals surface area (Å²) in [5.74, 6) is -0.731. The molecule has 72 valence electrons. The van der Waals surface area contributed by atoms with Crippen LogP contribution in [0.5, 0.6) is 0 Å². The smallest absolute Gasteiger partial charge is 0.235 e. The van der Waals surface area contributed by atoms with Gasteiger partial charge in [0.1, 0.15) is 0 Å². The quantitative estimate of drug-likeness (QED) is 0.707. The second-order valence-electron chi connectivity index (χ2n) is 2.94. The van der Waals surface area contributed by atoms with E-state index in [0.29, 0.717) is 6.42 Å². The van der Waals surface area contributed by atoms with Crippen molar-refractivity contribution in [3.05, 3.63) is 0 Å². The Hall–Kier alpha value is -0.580. The van der Waals surface area contributed by atoms with Gasteiger partial charge in [-0.05, 0) is 6.42 Å². The molecule has 0 saturated heterocycles. The highest BCUT2D eigenvalue weighted by atomic mass is 32.2. The van der Waals surface area contributed by atoms with E-state index in [0.717, 1.165) is 0 Å². The second-order valence-corrected chi connectivity index (χ2v) is 4.78. The molecule has 12 heavy (non-hydrogen) atoms. The van der Waals surface area contributed by atoms with Crippen LogP contribution in [-0.2, 0) is 14.8 Å². The van der Waals surface area contributed by atoms with E-state index in [1.165, 1.54) is 0 Å². The average Bonchev–Trinajstić information content (AvgIpc) is 1.85. The van der Waals surface area contributed by atoms with Crippen LogP contribution in [0.4, 0.5) is 0 Å². The van der Waals surface area contributed by atoms with Gasteiger partial charge in [-0.15, -0.1) is 0 Å². The minimum atomic E-state index is -3.38. The molecule has 0 radical (unpaired) electrons. The minimum Gasteiger partial charge on any atom is -0.274 e. The van der Waals surface area contributed by atoms with E-state index in [-0.39, 0.29) is 11.7 Å². The van der Waals surface area contributed by atoms with E-state index in [9.17, 15) is 13.2 Å². The van der Waals surface area contributed by atoms with Gasteiger partial charge in [0.2, 0.25) is 15.9 Å². The topological polar surface area (TPSA) is 63.2 Å². The first-order valence-electron chi connectivity index (χ1n) is 3.93. The summed E-state index contributed by atoms with van der Waals surface area (Å²) >= 11 is 0. The molecule has 1 amide bonds. The first-order chi connectivity index (χ1) is 5.39. The lowest BCUT2D eigenvalue weighted by molar-refractivity contribution is -0.122. The third kappa shape index (κ3) is 4.33. The summed E-state index contributed by atoms with van der Waals surface area (Å²) in [4.78, 5) is 10.9. The Morgan fingerprint density at radius 2 is 1.92 bits per heavy atom. The third-order valence-corrected chi connectivity index (χ3v) is 2.71.